The first-order valence-electron chi connectivity index (χ1n) is 8.46. The number of amides is 1. The summed E-state index contributed by atoms with van der Waals surface area (Å²) in [6.07, 6.45) is 0. The van der Waals surface area contributed by atoms with Crippen LogP contribution in [0.25, 0.3) is 0 Å². The van der Waals surface area contributed by atoms with Crippen LogP contribution in [0, 0.1) is 11.6 Å². The Morgan fingerprint density at radius 3 is 2.38 bits per heavy atom. The quantitative estimate of drug-likeness (QED) is 0.844. The lowest BCUT2D eigenvalue weighted by Crippen LogP contribution is -2.48. The van der Waals surface area contributed by atoms with Gasteiger partial charge in [-0.15, -0.1) is 0 Å². The Balaban J connectivity index is 1.37. The van der Waals surface area contributed by atoms with Crippen molar-refractivity contribution < 1.29 is 23.0 Å². The van der Waals surface area contributed by atoms with Crippen LogP contribution < -0.4 is 9.47 Å². The van der Waals surface area contributed by atoms with Crippen molar-refractivity contribution >= 4 is 5.91 Å². The Kier molecular flexibility index (Phi) is 4.46. The van der Waals surface area contributed by atoms with Crippen molar-refractivity contribution in [3.05, 3.63) is 59.2 Å². The Morgan fingerprint density at radius 1 is 0.962 bits per heavy atom. The molecule has 0 saturated carbocycles. The molecule has 0 aliphatic carbocycles. The predicted octanol–water partition coefficient (Wildman–Crippen LogP) is 2.65. The monoisotopic (exact) mass is 360 g/mol. The standard InChI is InChI=1S/C19H18F2N2O3/c20-14-2-1-3-15(21)18(14)19(24)23-8-6-22(7-9-23)11-13-4-5-16-17(10-13)26-12-25-16/h1-5,10H,6-9,11-12H2. The van der Waals surface area contributed by atoms with Crippen molar-refractivity contribution in [1.82, 2.24) is 9.80 Å². The molecule has 1 amide bonds. The van der Waals surface area contributed by atoms with E-state index in [1.54, 1.807) is 0 Å². The molecular weight excluding hydrogens is 342 g/mol. The van der Waals surface area contributed by atoms with Gasteiger partial charge in [0, 0.05) is 32.7 Å². The fourth-order valence-electron chi connectivity index (χ4n) is 3.27. The number of nitrogens with zero attached hydrogens (tertiary/aromatic N) is 2. The minimum atomic E-state index is -0.821. The number of hydrogen-bond acceptors (Lipinski definition) is 4. The maximum absolute atomic E-state index is 13.8. The molecule has 0 spiro atoms. The zero-order valence-electron chi connectivity index (χ0n) is 14.1. The minimum Gasteiger partial charge on any atom is -0.454 e. The summed E-state index contributed by atoms with van der Waals surface area (Å²) >= 11 is 0. The summed E-state index contributed by atoms with van der Waals surface area (Å²) in [5.74, 6) is -0.749. The first-order valence-corrected chi connectivity index (χ1v) is 8.46. The molecule has 7 heteroatoms. The van der Waals surface area contributed by atoms with Gasteiger partial charge in [-0.3, -0.25) is 9.69 Å². The molecule has 2 aliphatic heterocycles. The largest absolute Gasteiger partial charge is 0.454 e. The van der Waals surface area contributed by atoms with Gasteiger partial charge < -0.3 is 14.4 Å². The molecule has 1 saturated heterocycles. The molecule has 2 heterocycles. The summed E-state index contributed by atoms with van der Waals surface area (Å²) in [7, 11) is 0. The maximum atomic E-state index is 13.8. The van der Waals surface area contributed by atoms with Gasteiger partial charge in [-0.2, -0.15) is 0 Å². The first-order chi connectivity index (χ1) is 12.6. The van der Waals surface area contributed by atoms with Gasteiger partial charge in [0.05, 0.1) is 0 Å². The summed E-state index contributed by atoms with van der Waals surface area (Å²) in [5.41, 5.74) is 0.617. The molecular formula is C19H18F2N2O3. The van der Waals surface area contributed by atoms with E-state index in [9.17, 15) is 13.6 Å². The van der Waals surface area contributed by atoms with Crippen molar-refractivity contribution in [2.75, 3.05) is 33.0 Å². The number of hydrogen-bond donors (Lipinski definition) is 0. The molecule has 136 valence electrons. The van der Waals surface area contributed by atoms with Crippen LogP contribution in [0.1, 0.15) is 15.9 Å². The Bertz CT molecular complexity index is 815. The summed E-state index contributed by atoms with van der Waals surface area (Å²) in [6.45, 7) is 3.08. The summed E-state index contributed by atoms with van der Waals surface area (Å²) in [6, 6.07) is 9.29. The summed E-state index contributed by atoms with van der Waals surface area (Å²) < 4.78 is 38.3. The molecule has 2 aromatic rings. The molecule has 0 radical (unpaired) electrons. The van der Waals surface area contributed by atoms with Crippen LogP contribution in [0.4, 0.5) is 8.78 Å². The van der Waals surface area contributed by atoms with Crippen molar-refractivity contribution in [3.8, 4) is 11.5 Å². The van der Waals surface area contributed by atoms with Gasteiger partial charge in [-0.25, -0.2) is 8.78 Å². The third-order valence-electron chi connectivity index (χ3n) is 4.68. The highest BCUT2D eigenvalue weighted by atomic mass is 19.1. The number of rotatable bonds is 3. The molecule has 0 aromatic heterocycles. The van der Waals surface area contributed by atoms with E-state index in [1.807, 2.05) is 18.2 Å². The van der Waals surface area contributed by atoms with Crippen LogP contribution in [-0.2, 0) is 6.54 Å². The van der Waals surface area contributed by atoms with Gasteiger partial charge in [0.15, 0.2) is 11.5 Å². The second-order valence-corrected chi connectivity index (χ2v) is 6.35. The third kappa shape index (κ3) is 3.22. The van der Waals surface area contributed by atoms with E-state index >= 15 is 0 Å². The number of fused-ring (bicyclic) bond motifs is 1. The van der Waals surface area contributed by atoms with E-state index in [0.717, 1.165) is 29.2 Å². The van der Waals surface area contributed by atoms with E-state index < -0.39 is 23.1 Å². The normalized spacial score (nSPS) is 16.8. The van der Waals surface area contributed by atoms with E-state index in [0.29, 0.717) is 32.7 Å². The van der Waals surface area contributed by atoms with Crippen LogP contribution in [0.3, 0.4) is 0 Å². The lowest BCUT2D eigenvalue weighted by atomic mass is 10.1. The van der Waals surface area contributed by atoms with Crippen LogP contribution in [0.2, 0.25) is 0 Å². The lowest BCUT2D eigenvalue weighted by Gasteiger charge is -2.34. The topological polar surface area (TPSA) is 42.0 Å². The highest BCUT2D eigenvalue weighted by Gasteiger charge is 2.26. The second-order valence-electron chi connectivity index (χ2n) is 6.35. The van der Waals surface area contributed by atoms with Gasteiger partial charge in [0.25, 0.3) is 5.91 Å². The number of carbonyl (C=O) groups is 1. The third-order valence-corrected chi connectivity index (χ3v) is 4.68. The van der Waals surface area contributed by atoms with Gasteiger partial charge in [-0.05, 0) is 29.8 Å². The molecule has 0 bridgehead atoms. The van der Waals surface area contributed by atoms with Crippen molar-refractivity contribution in [2.45, 2.75) is 6.54 Å². The van der Waals surface area contributed by atoms with Gasteiger partial charge in [0.2, 0.25) is 6.79 Å². The number of benzene rings is 2. The average molecular weight is 360 g/mol. The van der Waals surface area contributed by atoms with Crippen LogP contribution in [-0.4, -0.2) is 48.7 Å². The second kappa shape index (κ2) is 6.92. The SMILES string of the molecule is O=C(c1c(F)cccc1F)N1CCN(Cc2ccc3c(c2)OCO3)CC1. The van der Waals surface area contributed by atoms with Gasteiger partial charge in [-0.1, -0.05) is 12.1 Å². The van der Waals surface area contributed by atoms with E-state index in [2.05, 4.69) is 4.90 Å². The highest BCUT2D eigenvalue weighted by molar-refractivity contribution is 5.94. The minimum absolute atomic E-state index is 0.242. The number of carbonyl (C=O) groups excluding carboxylic acids is 1. The molecule has 26 heavy (non-hydrogen) atoms. The zero-order chi connectivity index (χ0) is 18.1. The van der Waals surface area contributed by atoms with Crippen LogP contribution in [0.15, 0.2) is 36.4 Å². The molecule has 0 unspecified atom stereocenters. The summed E-state index contributed by atoms with van der Waals surface area (Å²) in [5, 5.41) is 0. The van der Waals surface area contributed by atoms with E-state index in [-0.39, 0.29) is 6.79 Å². The maximum Gasteiger partial charge on any atom is 0.259 e. The first kappa shape index (κ1) is 16.8. The van der Waals surface area contributed by atoms with E-state index in [4.69, 9.17) is 9.47 Å². The molecule has 2 aromatic carbocycles. The average Bonchev–Trinajstić information content (AvgIpc) is 3.10. The lowest BCUT2D eigenvalue weighted by molar-refractivity contribution is 0.0619. The fourth-order valence-corrected chi connectivity index (χ4v) is 3.27. The number of halogens is 2. The van der Waals surface area contributed by atoms with E-state index in [1.165, 1.54) is 11.0 Å². The smallest absolute Gasteiger partial charge is 0.259 e. The summed E-state index contributed by atoms with van der Waals surface area (Å²) in [4.78, 5) is 16.1. The van der Waals surface area contributed by atoms with Gasteiger partial charge >= 0.3 is 0 Å². The Morgan fingerprint density at radius 2 is 1.65 bits per heavy atom. The molecule has 0 atom stereocenters. The molecule has 5 nitrogen and oxygen atoms in total. The van der Waals surface area contributed by atoms with Crippen molar-refractivity contribution in [1.29, 1.82) is 0 Å². The predicted molar refractivity (Wildman–Crippen MR) is 90.1 cm³/mol. The van der Waals surface area contributed by atoms with Crippen molar-refractivity contribution in [3.63, 3.8) is 0 Å². The highest BCUT2D eigenvalue weighted by Crippen LogP contribution is 2.32. The number of ether oxygens (including phenoxy) is 2. The van der Waals surface area contributed by atoms with Gasteiger partial charge in [0.1, 0.15) is 17.2 Å². The molecule has 2 aliphatic rings. The van der Waals surface area contributed by atoms with Crippen molar-refractivity contribution in [2.24, 2.45) is 0 Å². The number of piperazine rings is 1. The molecule has 4 rings (SSSR count). The Hall–Kier alpha value is -2.67. The molecule has 0 N–H and O–H groups in total. The zero-order valence-corrected chi connectivity index (χ0v) is 14.1. The van der Waals surface area contributed by atoms with Crippen LogP contribution in [0.5, 0.6) is 11.5 Å². The Labute approximate surface area is 149 Å². The van der Waals surface area contributed by atoms with Crippen LogP contribution >= 0.6 is 0 Å². The molecule has 1 fully saturated rings. The fraction of sp³-hybridized carbons (Fsp3) is 0.316.